The number of hydrogen-bond donors (Lipinski definition) is 0. The van der Waals surface area contributed by atoms with Crippen LogP contribution in [0.5, 0.6) is 5.75 Å². The summed E-state index contributed by atoms with van der Waals surface area (Å²) in [5, 5.41) is 0. The molecule has 4 heteroatoms. The van der Waals surface area contributed by atoms with Crippen LogP contribution >= 0.6 is 15.9 Å². The van der Waals surface area contributed by atoms with Gasteiger partial charge in [-0.05, 0) is 59.8 Å². The topological polar surface area (TPSA) is 18.5 Å². The largest absolute Gasteiger partial charge is 0.490 e. The summed E-state index contributed by atoms with van der Waals surface area (Å²) in [5.74, 6) is 0.415. The Kier molecular flexibility index (Phi) is 3.81. The zero-order chi connectivity index (χ0) is 13.3. The molecular weight excluding hydrogens is 311 g/mol. The minimum absolute atomic E-state index is 0.147. The SMILES string of the molecule is Fc1ccc(OCC2CCC3(CCCC3)O2)c(Br)c1. The molecule has 0 N–H and O–H groups in total. The van der Waals surface area contributed by atoms with Crippen LogP contribution < -0.4 is 4.74 Å². The van der Waals surface area contributed by atoms with Gasteiger partial charge in [0.1, 0.15) is 18.2 Å². The van der Waals surface area contributed by atoms with Gasteiger partial charge >= 0.3 is 0 Å². The van der Waals surface area contributed by atoms with Crippen LogP contribution in [0.4, 0.5) is 4.39 Å². The molecule has 1 unspecified atom stereocenters. The number of benzene rings is 1. The lowest BCUT2D eigenvalue weighted by molar-refractivity contribution is -0.0509. The van der Waals surface area contributed by atoms with Gasteiger partial charge < -0.3 is 9.47 Å². The van der Waals surface area contributed by atoms with Gasteiger partial charge in [-0.25, -0.2) is 4.39 Å². The van der Waals surface area contributed by atoms with Crippen molar-refractivity contribution in [3.63, 3.8) is 0 Å². The minimum atomic E-state index is -0.263. The average molecular weight is 329 g/mol. The first-order valence-electron chi connectivity index (χ1n) is 6.93. The van der Waals surface area contributed by atoms with Gasteiger partial charge in [-0.3, -0.25) is 0 Å². The summed E-state index contributed by atoms with van der Waals surface area (Å²) in [5.41, 5.74) is 0.147. The molecule has 3 rings (SSSR count). The zero-order valence-electron chi connectivity index (χ0n) is 10.8. The third-order valence-electron chi connectivity index (χ3n) is 4.17. The van der Waals surface area contributed by atoms with E-state index in [-0.39, 0.29) is 17.5 Å². The number of halogens is 2. The highest BCUT2D eigenvalue weighted by Gasteiger charge is 2.42. The summed E-state index contributed by atoms with van der Waals surface area (Å²) in [7, 11) is 0. The van der Waals surface area contributed by atoms with E-state index in [0.717, 1.165) is 12.8 Å². The Morgan fingerprint density at radius 2 is 2.11 bits per heavy atom. The van der Waals surface area contributed by atoms with Gasteiger partial charge in [-0.2, -0.15) is 0 Å². The first-order valence-corrected chi connectivity index (χ1v) is 7.72. The molecule has 2 nitrogen and oxygen atoms in total. The van der Waals surface area contributed by atoms with Crippen LogP contribution in [-0.2, 0) is 4.74 Å². The molecule has 0 aromatic heterocycles. The summed E-state index contributed by atoms with van der Waals surface area (Å²) in [6.45, 7) is 0.548. The van der Waals surface area contributed by atoms with Crippen molar-refractivity contribution in [3.8, 4) is 5.75 Å². The molecule has 1 aliphatic heterocycles. The minimum Gasteiger partial charge on any atom is -0.490 e. The van der Waals surface area contributed by atoms with Gasteiger partial charge in [-0.1, -0.05) is 12.8 Å². The van der Waals surface area contributed by atoms with E-state index in [9.17, 15) is 4.39 Å². The van der Waals surface area contributed by atoms with Crippen LogP contribution in [0, 0.1) is 5.82 Å². The summed E-state index contributed by atoms with van der Waals surface area (Å²) in [6.07, 6.45) is 7.38. The predicted molar refractivity (Wildman–Crippen MR) is 74.9 cm³/mol. The van der Waals surface area contributed by atoms with Crippen molar-refractivity contribution in [1.29, 1.82) is 0 Å². The standard InChI is InChI=1S/C15H18BrFO2/c16-13-9-11(17)3-4-14(13)18-10-12-5-8-15(19-12)6-1-2-7-15/h3-4,9,12H,1-2,5-8,10H2. The quantitative estimate of drug-likeness (QED) is 0.815. The summed E-state index contributed by atoms with van der Waals surface area (Å²) in [4.78, 5) is 0. The second kappa shape index (κ2) is 5.41. The number of ether oxygens (including phenoxy) is 2. The number of hydrogen-bond acceptors (Lipinski definition) is 2. The summed E-state index contributed by atoms with van der Waals surface area (Å²) < 4.78 is 25.6. The Morgan fingerprint density at radius 1 is 1.32 bits per heavy atom. The molecule has 2 fully saturated rings. The van der Waals surface area contributed by atoms with Gasteiger partial charge in [0.05, 0.1) is 16.2 Å². The fourth-order valence-corrected chi connectivity index (χ4v) is 3.64. The fraction of sp³-hybridized carbons (Fsp3) is 0.600. The lowest BCUT2D eigenvalue weighted by atomic mass is 9.98. The molecule has 1 spiro atoms. The van der Waals surface area contributed by atoms with Crippen molar-refractivity contribution in [2.75, 3.05) is 6.61 Å². The molecule has 0 bridgehead atoms. The van der Waals surface area contributed by atoms with E-state index in [1.54, 1.807) is 6.07 Å². The van der Waals surface area contributed by atoms with Crippen molar-refractivity contribution in [2.45, 2.75) is 50.2 Å². The van der Waals surface area contributed by atoms with Gasteiger partial charge in [0, 0.05) is 0 Å². The molecule has 1 aliphatic carbocycles. The maximum Gasteiger partial charge on any atom is 0.133 e. The molecule has 0 radical (unpaired) electrons. The molecule has 104 valence electrons. The maximum absolute atomic E-state index is 13.0. The Balaban J connectivity index is 1.55. The van der Waals surface area contributed by atoms with Crippen molar-refractivity contribution in [3.05, 3.63) is 28.5 Å². The lowest BCUT2D eigenvalue weighted by Crippen LogP contribution is -2.27. The molecular formula is C15H18BrFO2. The van der Waals surface area contributed by atoms with Gasteiger partial charge in [0.2, 0.25) is 0 Å². The Hall–Kier alpha value is -0.610. The molecule has 1 aromatic rings. The molecule has 1 atom stereocenters. The van der Waals surface area contributed by atoms with Crippen LogP contribution in [-0.4, -0.2) is 18.3 Å². The van der Waals surface area contributed by atoms with Crippen molar-refractivity contribution < 1.29 is 13.9 Å². The molecule has 0 amide bonds. The van der Waals surface area contributed by atoms with Crippen LogP contribution in [0.25, 0.3) is 0 Å². The monoisotopic (exact) mass is 328 g/mol. The van der Waals surface area contributed by atoms with E-state index in [2.05, 4.69) is 15.9 Å². The van der Waals surface area contributed by atoms with Crippen molar-refractivity contribution in [1.82, 2.24) is 0 Å². The van der Waals surface area contributed by atoms with E-state index in [1.165, 1.54) is 37.8 Å². The first kappa shape index (κ1) is 13.4. The predicted octanol–water partition coefficient (Wildman–Crippen LogP) is 4.46. The number of rotatable bonds is 3. The summed E-state index contributed by atoms with van der Waals surface area (Å²) in [6, 6.07) is 4.48. The maximum atomic E-state index is 13.0. The highest BCUT2D eigenvalue weighted by atomic mass is 79.9. The van der Waals surface area contributed by atoms with Gasteiger partial charge in [0.15, 0.2) is 0 Å². The van der Waals surface area contributed by atoms with Gasteiger partial charge in [-0.15, -0.1) is 0 Å². The normalized spacial score (nSPS) is 25.1. The van der Waals surface area contributed by atoms with E-state index in [1.807, 2.05) is 0 Å². The van der Waals surface area contributed by atoms with E-state index >= 15 is 0 Å². The third-order valence-corrected chi connectivity index (χ3v) is 4.79. The fourth-order valence-electron chi connectivity index (χ4n) is 3.17. The van der Waals surface area contributed by atoms with E-state index < -0.39 is 0 Å². The van der Waals surface area contributed by atoms with Crippen LogP contribution in [0.2, 0.25) is 0 Å². The average Bonchev–Trinajstić information content (AvgIpc) is 2.99. The van der Waals surface area contributed by atoms with Crippen LogP contribution in [0.3, 0.4) is 0 Å². The highest BCUT2D eigenvalue weighted by molar-refractivity contribution is 9.10. The second-order valence-corrected chi connectivity index (χ2v) is 6.41. The Labute approximate surface area is 121 Å². The van der Waals surface area contributed by atoms with Crippen molar-refractivity contribution >= 4 is 15.9 Å². The van der Waals surface area contributed by atoms with E-state index in [4.69, 9.17) is 9.47 Å². The molecule has 19 heavy (non-hydrogen) atoms. The lowest BCUT2D eigenvalue weighted by Gasteiger charge is -2.23. The summed E-state index contributed by atoms with van der Waals surface area (Å²) >= 11 is 3.31. The molecule has 1 heterocycles. The third kappa shape index (κ3) is 2.95. The molecule has 1 saturated heterocycles. The molecule has 2 aliphatic rings. The first-order chi connectivity index (χ1) is 9.17. The Morgan fingerprint density at radius 3 is 2.84 bits per heavy atom. The van der Waals surface area contributed by atoms with E-state index in [0.29, 0.717) is 16.8 Å². The molecule has 1 aromatic carbocycles. The smallest absolute Gasteiger partial charge is 0.133 e. The molecule has 1 saturated carbocycles. The van der Waals surface area contributed by atoms with Crippen molar-refractivity contribution in [2.24, 2.45) is 0 Å². The van der Waals surface area contributed by atoms with Gasteiger partial charge in [0.25, 0.3) is 0 Å². The van der Waals surface area contributed by atoms with Crippen LogP contribution in [0.15, 0.2) is 22.7 Å². The zero-order valence-corrected chi connectivity index (χ0v) is 12.4. The van der Waals surface area contributed by atoms with Crippen LogP contribution in [0.1, 0.15) is 38.5 Å². The second-order valence-electron chi connectivity index (χ2n) is 5.55. The Bertz CT molecular complexity index is 457. The highest BCUT2D eigenvalue weighted by Crippen LogP contribution is 2.43.